The van der Waals surface area contributed by atoms with Crippen LogP contribution < -0.4 is 10.0 Å². The summed E-state index contributed by atoms with van der Waals surface area (Å²) in [7, 11) is -3.41. The van der Waals surface area contributed by atoms with Gasteiger partial charge in [-0.3, -0.25) is 4.79 Å². The van der Waals surface area contributed by atoms with Crippen LogP contribution in [0.1, 0.15) is 56.3 Å². The summed E-state index contributed by atoms with van der Waals surface area (Å²) in [5.74, 6) is 1.73. The van der Waals surface area contributed by atoms with Crippen LogP contribution in [0, 0.1) is 23.2 Å². The number of carbonyl (C=O) groups is 1. The Kier molecular flexibility index (Phi) is 5.92. The Bertz CT molecular complexity index is 1220. The largest absolute Gasteiger partial charge is 0.396 e. The van der Waals surface area contributed by atoms with Gasteiger partial charge in [-0.25, -0.2) is 22.5 Å². The topological polar surface area (TPSA) is 131 Å². The van der Waals surface area contributed by atoms with Gasteiger partial charge in [0.15, 0.2) is 5.82 Å². The van der Waals surface area contributed by atoms with Crippen LogP contribution in [0.2, 0.25) is 0 Å². The lowest BCUT2D eigenvalue weighted by Gasteiger charge is -2.59. The van der Waals surface area contributed by atoms with E-state index in [2.05, 4.69) is 20.2 Å². The Morgan fingerprint density at radius 3 is 2.57 bits per heavy atom. The number of amides is 1. The average molecular weight is 503 g/mol. The second-order valence-electron chi connectivity index (χ2n) is 11.3. The van der Waals surface area contributed by atoms with E-state index in [0.717, 1.165) is 38.4 Å². The van der Waals surface area contributed by atoms with Crippen LogP contribution in [0.15, 0.2) is 30.7 Å². The molecule has 0 radical (unpaired) electrons. The SMILES string of the molecule is CC(C)(C=Cn1ncc(C(=O)NC2C3CC4CC2CC(CO)(C4)C3)c1-n1cccn1)NS(C)(=O)=O. The number of aliphatic hydroxyl groups is 1. The molecule has 35 heavy (non-hydrogen) atoms. The first-order valence-corrected chi connectivity index (χ1v) is 14.0. The first-order chi connectivity index (χ1) is 16.5. The molecule has 1 amide bonds. The van der Waals surface area contributed by atoms with Crippen LogP contribution in [-0.4, -0.2) is 63.4 Å². The van der Waals surface area contributed by atoms with Crippen molar-refractivity contribution in [3.8, 4) is 5.82 Å². The Morgan fingerprint density at radius 2 is 1.97 bits per heavy atom. The lowest BCUT2D eigenvalue weighted by Crippen LogP contribution is -2.60. The summed E-state index contributed by atoms with van der Waals surface area (Å²) in [6.45, 7) is 3.71. The number of nitrogens with zero attached hydrogens (tertiary/aromatic N) is 4. The Morgan fingerprint density at radius 1 is 1.26 bits per heavy atom. The van der Waals surface area contributed by atoms with E-state index in [1.165, 1.54) is 10.9 Å². The Hall–Kier alpha value is -2.50. The molecule has 4 bridgehead atoms. The standard InChI is InChI=1S/C24H34N6O4S/c1-23(2,28-35(3,33)34)5-8-30-22(29-7-4-6-25-29)19(14-26-30)21(32)27-20-17-9-16-10-18(20)13-24(11-16,12-17)15-31/h4-8,14,16-18,20,28,31H,9-13,15H2,1-3H3,(H,27,32). The molecule has 6 rings (SSSR count). The minimum Gasteiger partial charge on any atom is -0.396 e. The molecule has 2 aromatic heterocycles. The zero-order valence-electron chi connectivity index (χ0n) is 20.4. The molecule has 3 N–H and O–H groups in total. The molecule has 2 heterocycles. The third-order valence-electron chi connectivity index (χ3n) is 7.85. The van der Waals surface area contributed by atoms with Crippen LogP contribution in [0.4, 0.5) is 0 Å². The molecule has 0 aliphatic heterocycles. The molecule has 4 fully saturated rings. The molecule has 4 aliphatic carbocycles. The summed E-state index contributed by atoms with van der Waals surface area (Å²) in [5, 5.41) is 22.1. The quantitative estimate of drug-likeness (QED) is 0.504. The molecule has 10 nitrogen and oxygen atoms in total. The van der Waals surface area contributed by atoms with Crippen molar-refractivity contribution < 1.29 is 18.3 Å². The zero-order chi connectivity index (χ0) is 25.0. The third kappa shape index (κ3) is 4.81. The third-order valence-corrected chi connectivity index (χ3v) is 8.75. The van der Waals surface area contributed by atoms with Crippen LogP contribution in [0.25, 0.3) is 12.0 Å². The van der Waals surface area contributed by atoms with Crippen molar-refractivity contribution >= 4 is 22.1 Å². The van der Waals surface area contributed by atoms with Crippen molar-refractivity contribution in [3.63, 3.8) is 0 Å². The van der Waals surface area contributed by atoms with Crippen LogP contribution in [0.5, 0.6) is 0 Å². The van der Waals surface area contributed by atoms with Crippen molar-refractivity contribution in [2.24, 2.45) is 23.2 Å². The predicted octanol–water partition coefficient (Wildman–Crippen LogP) is 1.78. The van der Waals surface area contributed by atoms with Crippen molar-refractivity contribution in [1.82, 2.24) is 29.6 Å². The molecular weight excluding hydrogens is 468 g/mol. The second kappa shape index (κ2) is 8.56. The minimum absolute atomic E-state index is 0.0421. The molecule has 2 aromatic rings. The van der Waals surface area contributed by atoms with E-state index in [4.69, 9.17) is 0 Å². The van der Waals surface area contributed by atoms with Crippen LogP contribution >= 0.6 is 0 Å². The van der Waals surface area contributed by atoms with Gasteiger partial charge in [-0.05, 0) is 81.3 Å². The maximum Gasteiger partial charge on any atom is 0.257 e. The lowest BCUT2D eigenvalue weighted by atomic mass is 9.48. The fourth-order valence-electron chi connectivity index (χ4n) is 6.87. The minimum atomic E-state index is -3.41. The number of nitrogens with one attached hydrogen (secondary N) is 2. The number of hydrogen-bond donors (Lipinski definition) is 3. The summed E-state index contributed by atoms with van der Waals surface area (Å²) in [6.07, 6.45) is 14.6. The van der Waals surface area contributed by atoms with Gasteiger partial charge in [0.25, 0.3) is 5.91 Å². The lowest BCUT2D eigenvalue weighted by molar-refractivity contribution is -0.0969. The number of aromatic nitrogens is 4. The van der Waals surface area contributed by atoms with E-state index in [-0.39, 0.29) is 24.0 Å². The highest BCUT2D eigenvalue weighted by molar-refractivity contribution is 7.88. The fourth-order valence-corrected chi connectivity index (χ4v) is 7.89. The van der Waals surface area contributed by atoms with Crippen molar-refractivity contribution in [1.29, 1.82) is 0 Å². The van der Waals surface area contributed by atoms with Gasteiger partial charge in [0.1, 0.15) is 5.56 Å². The molecule has 2 unspecified atom stereocenters. The average Bonchev–Trinajstić information content (AvgIpc) is 3.42. The number of rotatable bonds is 8. The van der Waals surface area contributed by atoms with E-state index < -0.39 is 15.6 Å². The molecule has 0 spiro atoms. The number of sulfonamides is 1. The van der Waals surface area contributed by atoms with E-state index in [1.54, 1.807) is 49.3 Å². The van der Waals surface area contributed by atoms with Gasteiger partial charge in [-0.2, -0.15) is 10.2 Å². The van der Waals surface area contributed by atoms with E-state index in [0.29, 0.717) is 29.1 Å². The summed E-state index contributed by atoms with van der Waals surface area (Å²) >= 11 is 0. The van der Waals surface area contributed by atoms with Crippen molar-refractivity contribution in [2.75, 3.05) is 12.9 Å². The second-order valence-corrected chi connectivity index (χ2v) is 13.1. The Labute approximate surface area is 205 Å². The predicted molar refractivity (Wildman–Crippen MR) is 131 cm³/mol. The monoisotopic (exact) mass is 502 g/mol. The number of aliphatic hydroxyl groups excluding tert-OH is 1. The first kappa shape index (κ1) is 24.2. The molecule has 2 atom stereocenters. The van der Waals surface area contributed by atoms with E-state index in [1.807, 2.05) is 0 Å². The molecule has 0 saturated heterocycles. The van der Waals surface area contributed by atoms with Crippen molar-refractivity contribution in [2.45, 2.75) is 57.5 Å². The molecule has 190 valence electrons. The van der Waals surface area contributed by atoms with Gasteiger partial charge in [-0.1, -0.05) is 0 Å². The fraction of sp³-hybridized carbons (Fsp3) is 0.625. The summed E-state index contributed by atoms with van der Waals surface area (Å²) in [6, 6.07) is 1.87. The van der Waals surface area contributed by atoms with Gasteiger partial charge in [0.2, 0.25) is 10.0 Å². The van der Waals surface area contributed by atoms with Crippen LogP contribution in [-0.2, 0) is 10.0 Å². The number of hydrogen-bond acceptors (Lipinski definition) is 6. The first-order valence-electron chi connectivity index (χ1n) is 12.2. The van der Waals surface area contributed by atoms with Gasteiger partial charge in [-0.15, -0.1) is 0 Å². The van der Waals surface area contributed by atoms with Gasteiger partial charge < -0.3 is 10.4 Å². The number of carbonyl (C=O) groups excluding carboxylic acids is 1. The molecule has 0 aromatic carbocycles. The normalized spacial score (nSPS) is 30.3. The smallest absolute Gasteiger partial charge is 0.257 e. The van der Waals surface area contributed by atoms with E-state index in [9.17, 15) is 18.3 Å². The maximum absolute atomic E-state index is 13.5. The molecular formula is C24H34N6O4S. The van der Waals surface area contributed by atoms with Gasteiger partial charge in [0, 0.05) is 36.8 Å². The molecule has 4 aliphatic rings. The summed E-state index contributed by atoms with van der Waals surface area (Å²) in [5.41, 5.74) is -0.412. The van der Waals surface area contributed by atoms with Gasteiger partial charge in [0.05, 0.1) is 12.5 Å². The molecule has 11 heteroatoms. The highest BCUT2D eigenvalue weighted by Crippen LogP contribution is 2.59. The van der Waals surface area contributed by atoms with Crippen LogP contribution in [0.3, 0.4) is 0 Å². The van der Waals surface area contributed by atoms with E-state index >= 15 is 0 Å². The summed E-state index contributed by atoms with van der Waals surface area (Å²) < 4.78 is 29.1. The maximum atomic E-state index is 13.5. The highest BCUT2D eigenvalue weighted by atomic mass is 32.2. The highest BCUT2D eigenvalue weighted by Gasteiger charge is 2.55. The zero-order valence-corrected chi connectivity index (χ0v) is 21.2. The van der Waals surface area contributed by atoms with Crippen molar-refractivity contribution in [3.05, 3.63) is 36.3 Å². The van der Waals surface area contributed by atoms with Gasteiger partial charge >= 0.3 is 0 Å². The summed E-state index contributed by atoms with van der Waals surface area (Å²) in [4.78, 5) is 13.5. The molecule has 4 saturated carbocycles. The Balaban J connectivity index is 1.40.